The van der Waals surface area contributed by atoms with Gasteiger partial charge in [0, 0.05) is 10.6 Å². The Morgan fingerprint density at radius 3 is 2.50 bits per heavy atom. The predicted octanol–water partition coefficient (Wildman–Crippen LogP) is 0.400. The van der Waals surface area contributed by atoms with Gasteiger partial charge in [-0.2, -0.15) is 0 Å². The Hall–Kier alpha value is -0.955. The summed E-state index contributed by atoms with van der Waals surface area (Å²) in [4.78, 5) is 2.21. The SMILES string of the molecule is [B]C(=N)N=[N+]=[N-]. The van der Waals surface area contributed by atoms with Crippen molar-refractivity contribution < 1.29 is 0 Å². The Labute approximate surface area is 35.7 Å². The summed E-state index contributed by atoms with van der Waals surface area (Å²) in [5.74, 6) is 0. The molecule has 6 heavy (non-hydrogen) atoms. The molecule has 0 aromatic rings. The van der Waals surface area contributed by atoms with Crippen molar-refractivity contribution in [3.8, 4) is 0 Å². The van der Waals surface area contributed by atoms with Crippen LogP contribution in [-0.4, -0.2) is 13.6 Å². The van der Waals surface area contributed by atoms with Crippen molar-refractivity contribution in [1.29, 1.82) is 5.41 Å². The maximum Gasteiger partial charge on any atom is 0.143 e. The van der Waals surface area contributed by atoms with Crippen molar-refractivity contribution in [3.05, 3.63) is 10.4 Å². The molecular weight excluding hydrogens is 78.9 g/mol. The van der Waals surface area contributed by atoms with Gasteiger partial charge < -0.3 is 5.41 Å². The molecule has 5 heteroatoms. The number of hydrogen-bond acceptors (Lipinski definition) is 1. The Morgan fingerprint density at radius 2 is 2.50 bits per heavy atom. The van der Waals surface area contributed by atoms with Crippen LogP contribution in [0.2, 0.25) is 0 Å². The molecule has 0 atom stereocenters. The van der Waals surface area contributed by atoms with Crippen LogP contribution < -0.4 is 0 Å². The van der Waals surface area contributed by atoms with E-state index in [2.05, 4.69) is 17.9 Å². The fraction of sp³-hybridized carbons (Fsp3) is 0. The summed E-state index contributed by atoms with van der Waals surface area (Å²) < 4.78 is 0. The molecule has 4 nitrogen and oxygen atoms in total. The Kier molecular flexibility index (Phi) is 1.93. The van der Waals surface area contributed by atoms with Crippen LogP contribution in [0.25, 0.3) is 10.4 Å². The fourth-order valence-corrected chi connectivity index (χ4v) is 0.0482. The van der Waals surface area contributed by atoms with Gasteiger partial charge in [-0.05, 0) is 5.53 Å². The molecule has 0 saturated heterocycles. The molecule has 0 amide bonds. The first kappa shape index (κ1) is 5.04. The third kappa shape index (κ3) is 3.04. The van der Waals surface area contributed by atoms with E-state index in [0.29, 0.717) is 0 Å². The highest BCUT2D eigenvalue weighted by Crippen LogP contribution is 1.63. The topological polar surface area (TPSA) is 72.6 Å². The van der Waals surface area contributed by atoms with E-state index in [1.54, 1.807) is 0 Å². The minimum atomic E-state index is -0.502. The largest absolute Gasteiger partial charge is 0.315 e. The highest BCUT2D eigenvalue weighted by Gasteiger charge is 1.68. The molecule has 2 radical (unpaired) electrons. The van der Waals surface area contributed by atoms with Crippen LogP contribution in [0.15, 0.2) is 5.11 Å². The summed E-state index contributed by atoms with van der Waals surface area (Å²) in [6.45, 7) is 0. The molecule has 0 aliphatic rings. The van der Waals surface area contributed by atoms with Crippen molar-refractivity contribution in [1.82, 2.24) is 0 Å². The lowest BCUT2D eigenvalue weighted by Crippen LogP contribution is -1.81. The second-order valence-electron chi connectivity index (χ2n) is 0.575. The Balaban J connectivity index is 3.60. The molecule has 0 unspecified atom stereocenters. The molecule has 0 aliphatic heterocycles. The van der Waals surface area contributed by atoms with Crippen molar-refractivity contribution in [2.45, 2.75) is 0 Å². The van der Waals surface area contributed by atoms with Gasteiger partial charge in [0.15, 0.2) is 0 Å². The maximum atomic E-state index is 7.47. The van der Waals surface area contributed by atoms with Crippen molar-refractivity contribution in [3.63, 3.8) is 0 Å². The average molecular weight is 79.9 g/mol. The monoisotopic (exact) mass is 80.0 g/mol. The Morgan fingerprint density at radius 1 is 2.00 bits per heavy atom. The highest BCUT2D eigenvalue weighted by atomic mass is 15.1. The number of nitrogens with zero attached hydrogens (tertiary/aromatic N) is 3. The lowest BCUT2D eigenvalue weighted by molar-refractivity contribution is 1.47. The molecular formula is CHBN4. The van der Waals surface area contributed by atoms with Crippen molar-refractivity contribution in [2.24, 2.45) is 5.11 Å². The number of nitrogens with one attached hydrogen (secondary N) is 1. The number of amidine groups is 1. The molecule has 0 spiro atoms. The second-order valence-corrected chi connectivity index (χ2v) is 0.575. The number of rotatable bonds is 0. The third-order valence-electron chi connectivity index (χ3n) is 0.152. The van der Waals surface area contributed by atoms with Gasteiger partial charge in [0.2, 0.25) is 0 Å². The molecule has 28 valence electrons. The second kappa shape index (κ2) is 2.29. The minimum absolute atomic E-state index is 0.502. The van der Waals surface area contributed by atoms with Gasteiger partial charge in [0.1, 0.15) is 7.85 Å². The maximum absolute atomic E-state index is 7.47. The van der Waals surface area contributed by atoms with Gasteiger partial charge in [-0.15, -0.1) is 0 Å². The molecule has 0 aromatic carbocycles. The zero-order chi connectivity index (χ0) is 4.99. The first-order valence-electron chi connectivity index (χ1n) is 1.16. The molecule has 0 saturated carbocycles. The summed E-state index contributed by atoms with van der Waals surface area (Å²) >= 11 is 0. The number of hydrogen-bond donors (Lipinski definition) is 1. The first-order chi connectivity index (χ1) is 2.77. The first-order valence-corrected chi connectivity index (χ1v) is 1.16. The Bertz CT molecular complexity index is 100. The van der Waals surface area contributed by atoms with Crippen LogP contribution in [-0.2, 0) is 0 Å². The fourth-order valence-electron chi connectivity index (χ4n) is 0.0482. The highest BCUT2D eigenvalue weighted by molar-refractivity contribution is 6.58. The van der Waals surface area contributed by atoms with Gasteiger partial charge in [-0.25, -0.2) is 0 Å². The van der Waals surface area contributed by atoms with Crippen LogP contribution in [0, 0.1) is 5.41 Å². The quantitative estimate of drug-likeness (QED) is 0.109. The molecule has 0 aromatic heterocycles. The lowest BCUT2D eigenvalue weighted by atomic mass is 10.1. The van der Waals surface area contributed by atoms with E-state index in [1.807, 2.05) is 0 Å². The zero-order valence-electron chi connectivity index (χ0n) is 2.92. The molecule has 0 bridgehead atoms. The molecule has 0 heterocycles. The van der Waals surface area contributed by atoms with Gasteiger partial charge in [0.25, 0.3) is 0 Å². The van der Waals surface area contributed by atoms with E-state index < -0.39 is 5.73 Å². The van der Waals surface area contributed by atoms with Crippen LogP contribution >= 0.6 is 0 Å². The van der Waals surface area contributed by atoms with Crippen molar-refractivity contribution in [2.75, 3.05) is 0 Å². The molecule has 1 N–H and O–H groups in total. The van der Waals surface area contributed by atoms with E-state index in [9.17, 15) is 0 Å². The normalized spacial score (nSPS) is 6.00. The van der Waals surface area contributed by atoms with E-state index >= 15 is 0 Å². The lowest BCUT2D eigenvalue weighted by Gasteiger charge is -1.67. The third-order valence-corrected chi connectivity index (χ3v) is 0.152. The van der Waals surface area contributed by atoms with E-state index in [1.165, 1.54) is 0 Å². The van der Waals surface area contributed by atoms with Gasteiger partial charge in [-0.3, -0.25) is 0 Å². The summed E-state index contributed by atoms with van der Waals surface area (Å²) in [5, 5.41) is 8.92. The van der Waals surface area contributed by atoms with Crippen LogP contribution in [0.4, 0.5) is 0 Å². The molecule has 0 fully saturated rings. The van der Waals surface area contributed by atoms with E-state index in [0.717, 1.165) is 0 Å². The van der Waals surface area contributed by atoms with Gasteiger partial charge in [-0.1, -0.05) is 5.11 Å². The van der Waals surface area contributed by atoms with Gasteiger partial charge in [0.05, 0.1) is 0 Å². The van der Waals surface area contributed by atoms with Crippen LogP contribution in [0.1, 0.15) is 0 Å². The van der Waals surface area contributed by atoms with E-state index in [4.69, 9.17) is 10.9 Å². The van der Waals surface area contributed by atoms with Crippen molar-refractivity contribution >= 4 is 13.6 Å². The smallest absolute Gasteiger partial charge is 0.143 e. The number of azide groups is 1. The van der Waals surface area contributed by atoms with Crippen LogP contribution in [0.3, 0.4) is 0 Å². The van der Waals surface area contributed by atoms with Crippen LogP contribution in [0.5, 0.6) is 0 Å². The van der Waals surface area contributed by atoms with E-state index in [-0.39, 0.29) is 0 Å². The molecule has 0 aliphatic carbocycles. The summed E-state index contributed by atoms with van der Waals surface area (Å²) in [5.41, 5.74) is 6.97. The summed E-state index contributed by atoms with van der Waals surface area (Å²) in [7, 11) is 4.57. The average Bonchev–Trinajstić information content (AvgIpc) is 1.35. The summed E-state index contributed by atoms with van der Waals surface area (Å²) in [6, 6.07) is 0. The molecule has 0 rings (SSSR count). The van der Waals surface area contributed by atoms with Gasteiger partial charge >= 0.3 is 0 Å². The summed E-state index contributed by atoms with van der Waals surface area (Å²) in [6.07, 6.45) is 0. The predicted molar refractivity (Wildman–Crippen MR) is 22.6 cm³/mol. The standard InChI is InChI=1S/CHBN4/c2-1(3)5-6-4/h3H. The minimum Gasteiger partial charge on any atom is -0.315 e. The zero-order valence-corrected chi connectivity index (χ0v) is 2.92.